The van der Waals surface area contributed by atoms with Gasteiger partial charge in [0.25, 0.3) is 5.56 Å². The number of nitrogens with zero attached hydrogens (tertiary/aromatic N) is 4. The van der Waals surface area contributed by atoms with Crippen LogP contribution in [0, 0.1) is 0 Å². The molecule has 0 N–H and O–H groups in total. The van der Waals surface area contributed by atoms with Crippen molar-refractivity contribution < 1.29 is 8.94 Å². The van der Waals surface area contributed by atoms with E-state index in [1.165, 1.54) is 21.4 Å². The summed E-state index contributed by atoms with van der Waals surface area (Å²) in [6.45, 7) is 0.195. The fourth-order valence-electron chi connectivity index (χ4n) is 3.26. The van der Waals surface area contributed by atoms with Crippen molar-refractivity contribution in [2.45, 2.75) is 32.2 Å². The molecule has 0 atom stereocenters. The summed E-state index contributed by atoms with van der Waals surface area (Å²) < 4.78 is 12.0. The molecule has 0 fully saturated rings. The molecule has 0 bridgehead atoms. The molecule has 4 aromatic heterocycles. The highest BCUT2D eigenvalue weighted by Gasteiger charge is 2.20. The van der Waals surface area contributed by atoms with Gasteiger partial charge in [0.1, 0.15) is 11.4 Å². The van der Waals surface area contributed by atoms with Crippen LogP contribution >= 0.6 is 11.3 Å². The van der Waals surface area contributed by atoms with Crippen LogP contribution in [0.4, 0.5) is 0 Å². The Balaban J connectivity index is 1.53. The second-order valence-corrected chi connectivity index (χ2v) is 7.14. The Labute approximate surface area is 145 Å². The van der Waals surface area contributed by atoms with Crippen molar-refractivity contribution in [3.05, 3.63) is 51.4 Å². The largest absolute Gasteiger partial charge is 0.461 e. The molecule has 126 valence electrons. The minimum absolute atomic E-state index is 0.0397. The molecule has 25 heavy (non-hydrogen) atoms. The van der Waals surface area contributed by atoms with E-state index < -0.39 is 0 Å². The zero-order chi connectivity index (χ0) is 16.8. The molecule has 1 aliphatic carbocycles. The third-order valence-corrected chi connectivity index (χ3v) is 5.66. The first-order chi connectivity index (χ1) is 12.3. The molecule has 0 amide bonds. The van der Waals surface area contributed by atoms with E-state index in [0.717, 1.165) is 29.5 Å². The van der Waals surface area contributed by atoms with E-state index >= 15 is 0 Å². The molecule has 8 heteroatoms. The maximum Gasteiger partial charge on any atom is 0.262 e. The maximum atomic E-state index is 12.9. The average Bonchev–Trinajstić information content (AvgIpc) is 3.36. The highest BCUT2D eigenvalue weighted by molar-refractivity contribution is 7.18. The smallest absolute Gasteiger partial charge is 0.262 e. The summed E-state index contributed by atoms with van der Waals surface area (Å²) in [4.78, 5) is 23.8. The van der Waals surface area contributed by atoms with Gasteiger partial charge in [0, 0.05) is 4.88 Å². The molecule has 1 aliphatic rings. The van der Waals surface area contributed by atoms with Gasteiger partial charge in [-0.05, 0) is 43.4 Å². The fraction of sp³-hybridized carbons (Fsp3) is 0.294. The lowest BCUT2D eigenvalue weighted by Gasteiger charge is -2.10. The molecule has 0 unspecified atom stereocenters. The molecule has 7 nitrogen and oxygen atoms in total. The Bertz CT molecular complexity index is 1110. The van der Waals surface area contributed by atoms with Gasteiger partial charge < -0.3 is 8.94 Å². The molecule has 0 aromatic carbocycles. The number of rotatable bonds is 3. The van der Waals surface area contributed by atoms with Crippen molar-refractivity contribution in [3.63, 3.8) is 0 Å². The number of hydrogen-bond acceptors (Lipinski definition) is 7. The average molecular weight is 354 g/mol. The van der Waals surface area contributed by atoms with Gasteiger partial charge in [0.05, 0.1) is 18.0 Å². The molecular formula is C17H14N4O3S. The van der Waals surface area contributed by atoms with Crippen LogP contribution in [0.15, 0.2) is 38.5 Å². The van der Waals surface area contributed by atoms with Crippen molar-refractivity contribution in [2.75, 3.05) is 0 Å². The summed E-state index contributed by atoms with van der Waals surface area (Å²) in [6, 6.07) is 3.51. The van der Waals surface area contributed by atoms with E-state index in [2.05, 4.69) is 15.1 Å². The number of aromatic nitrogens is 4. The lowest BCUT2D eigenvalue weighted by atomic mass is 9.97. The zero-order valence-electron chi connectivity index (χ0n) is 13.3. The Morgan fingerprint density at radius 1 is 1.28 bits per heavy atom. The number of hydrogen-bond donors (Lipinski definition) is 0. The normalized spacial score (nSPS) is 14.1. The van der Waals surface area contributed by atoms with Crippen LogP contribution in [0.1, 0.15) is 29.2 Å². The van der Waals surface area contributed by atoms with Crippen LogP contribution in [0.25, 0.3) is 21.8 Å². The van der Waals surface area contributed by atoms with Crippen molar-refractivity contribution in [2.24, 2.45) is 0 Å². The first-order valence-corrected chi connectivity index (χ1v) is 8.97. The van der Waals surface area contributed by atoms with Crippen LogP contribution in [-0.2, 0) is 19.4 Å². The molecule has 0 aliphatic heterocycles. The first kappa shape index (κ1) is 14.6. The van der Waals surface area contributed by atoms with Crippen molar-refractivity contribution in [1.82, 2.24) is 19.7 Å². The van der Waals surface area contributed by atoms with Gasteiger partial charge in [-0.2, -0.15) is 4.98 Å². The monoisotopic (exact) mass is 354 g/mol. The summed E-state index contributed by atoms with van der Waals surface area (Å²) in [5.41, 5.74) is 1.14. The zero-order valence-corrected chi connectivity index (χ0v) is 14.1. The van der Waals surface area contributed by atoms with Crippen LogP contribution in [0.5, 0.6) is 0 Å². The number of furan rings is 1. The SMILES string of the molecule is O=c1c2c3c(sc2ncn1Cc1nc(-c2ccco2)no1)CCCC3. The highest BCUT2D eigenvalue weighted by atomic mass is 32.1. The predicted octanol–water partition coefficient (Wildman–Crippen LogP) is 3.03. The van der Waals surface area contributed by atoms with Gasteiger partial charge in [-0.3, -0.25) is 9.36 Å². The van der Waals surface area contributed by atoms with Crippen molar-refractivity contribution >= 4 is 21.6 Å². The maximum absolute atomic E-state index is 12.9. The Morgan fingerprint density at radius 2 is 2.20 bits per heavy atom. The van der Waals surface area contributed by atoms with Crippen LogP contribution in [-0.4, -0.2) is 19.7 Å². The summed E-state index contributed by atoms with van der Waals surface area (Å²) in [7, 11) is 0. The molecule has 0 saturated carbocycles. The topological polar surface area (TPSA) is 87.0 Å². The van der Waals surface area contributed by atoms with E-state index in [1.54, 1.807) is 36.1 Å². The second kappa shape index (κ2) is 5.66. The molecule has 4 aromatic rings. The number of fused-ring (bicyclic) bond motifs is 3. The van der Waals surface area contributed by atoms with E-state index in [0.29, 0.717) is 17.5 Å². The summed E-state index contributed by atoms with van der Waals surface area (Å²) in [6.07, 6.45) is 7.43. The van der Waals surface area contributed by atoms with Gasteiger partial charge >= 0.3 is 0 Å². The molecular weight excluding hydrogens is 340 g/mol. The van der Waals surface area contributed by atoms with E-state index in [-0.39, 0.29) is 12.1 Å². The van der Waals surface area contributed by atoms with Gasteiger partial charge in [-0.15, -0.1) is 11.3 Å². The van der Waals surface area contributed by atoms with E-state index in [9.17, 15) is 4.79 Å². The Hall–Kier alpha value is -2.74. The lowest BCUT2D eigenvalue weighted by molar-refractivity contribution is 0.368. The summed E-state index contributed by atoms with van der Waals surface area (Å²) in [5.74, 6) is 1.25. The quantitative estimate of drug-likeness (QED) is 0.562. The molecule has 5 rings (SSSR count). The van der Waals surface area contributed by atoms with Crippen LogP contribution < -0.4 is 5.56 Å². The number of aryl methyl sites for hydroxylation is 2. The lowest BCUT2D eigenvalue weighted by Crippen LogP contribution is -2.21. The minimum atomic E-state index is -0.0397. The molecule has 4 heterocycles. The minimum Gasteiger partial charge on any atom is -0.461 e. The van der Waals surface area contributed by atoms with Crippen molar-refractivity contribution in [3.8, 4) is 11.6 Å². The standard InChI is InChI=1S/C17H14N4O3S/c22-17-14-10-4-1-2-6-12(10)25-16(14)18-9-21(17)8-13-19-15(20-24-13)11-5-3-7-23-11/h3,5,7,9H,1-2,4,6,8H2. The Morgan fingerprint density at radius 3 is 3.08 bits per heavy atom. The van der Waals surface area contributed by atoms with Gasteiger partial charge in [-0.25, -0.2) is 4.98 Å². The third-order valence-electron chi connectivity index (χ3n) is 4.46. The van der Waals surface area contributed by atoms with Crippen LogP contribution in [0.3, 0.4) is 0 Å². The highest BCUT2D eigenvalue weighted by Crippen LogP contribution is 2.33. The van der Waals surface area contributed by atoms with Gasteiger partial charge in [0.2, 0.25) is 11.7 Å². The fourth-order valence-corrected chi connectivity index (χ4v) is 4.48. The molecule has 0 radical (unpaired) electrons. The number of thiophene rings is 1. The molecule has 0 spiro atoms. The van der Waals surface area contributed by atoms with Gasteiger partial charge in [0.15, 0.2) is 5.76 Å². The van der Waals surface area contributed by atoms with Gasteiger partial charge in [-0.1, -0.05) is 5.16 Å². The predicted molar refractivity (Wildman–Crippen MR) is 91.6 cm³/mol. The summed E-state index contributed by atoms with van der Waals surface area (Å²) >= 11 is 1.64. The second-order valence-electron chi connectivity index (χ2n) is 6.06. The first-order valence-electron chi connectivity index (χ1n) is 8.16. The van der Waals surface area contributed by atoms with E-state index in [4.69, 9.17) is 8.94 Å². The Kier molecular flexibility index (Phi) is 3.30. The molecule has 0 saturated heterocycles. The summed E-state index contributed by atoms with van der Waals surface area (Å²) in [5, 5.41) is 4.65. The third kappa shape index (κ3) is 2.41. The van der Waals surface area contributed by atoms with Crippen LogP contribution in [0.2, 0.25) is 0 Å². The van der Waals surface area contributed by atoms with Crippen molar-refractivity contribution in [1.29, 1.82) is 0 Å². The van der Waals surface area contributed by atoms with E-state index in [1.807, 2.05) is 0 Å².